The molecule has 7 heteroatoms. The van der Waals surface area contributed by atoms with Crippen LogP contribution in [0.3, 0.4) is 0 Å². The number of amides is 1. The van der Waals surface area contributed by atoms with Crippen molar-refractivity contribution in [2.45, 2.75) is 38.6 Å². The maximum atomic E-state index is 12.1. The van der Waals surface area contributed by atoms with Crippen molar-refractivity contribution in [3.63, 3.8) is 0 Å². The van der Waals surface area contributed by atoms with Gasteiger partial charge >= 0.3 is 5.97 Å². The molecule has 0 atom stereocenters. The minimum atomic E-state index is -1.23. The van der Waals surface area contributed by atoms with Gasteiger partial charge in [0.05, 0.1) is 12.1 Å². The van der Waals surface area contributed by atoms with Gasteiger partial charge in [0.25, 0.3) is 0 Å². The number of aliphatic carboxylic acids is 1. The molecule has 1 aliphatic heterocycles. The predicted octanol–water partition coefficient (Wildman–Crippen LogP) is 0.584. The third kappa shape index (κ3) is 2.82. The fourth-order valence-electron chi connectivity index (χ4n) is 2.34. The van der Waals surface area contributed by atoms with Crippen molar-refractivity contribution in [3.8, 4) is 0 Å². The standard InChI is InChI=1S/C13H18N2O5/c1-8-10(9(2)20-15-8)7-11(16)14-13(12(17)18)3-5-19-6-4-13/h3-7H2,1-2H3,(H,14,16)(H,17,18). The van der Waals surface area contributed by atoms with Gasteiger partial charge in [0, 0.05) is 31.6 Å². The lowest BCUT2D eigenvalue weighted by Crippen LogP contribution is -2.57. The minimum Gasteiger partial charge on any atom is -0.480 e. The van der Waals surface area contributed by atoms with Gasteiger partial charge in [-0.15, -0.1) is 0 Å². The van der Waals surface area contributed by atoms with E-state index in [1.807, 2.05) is 0 Å². The first-order chi connectivity index (χ1) is 9.44. The highest BCUT2D eigenvalue weighted by Gasteiger charge is 2.41. The summed E-state index contributed by atoms with van der Waals surface area (Å²) in [4.78, 5) is 23.6. The van der Waals surface area contributed by atoms with Crippen LogP contribution >= 0.6 is 0 Å². The SMILES string of the molecule is Cc1noc(C)c1CC(=O)NC1(C(=O)O)CCOCC1. The van der Waals surface area contributed by atoms with Crippen molar-refractivity contribution in [2.24, 2.45) is 0 Å². The fraction of sp³-hybridized carbons (Fsp3) is 0.615. The number of aromatic nitrogens is 1. The zero-order valence-electron chi connectivity index (χ0n) is 11.6. The monoisotopic (exact) mass is 282 g/mol. The molecule has 110 valence electrons. The van der Waals surface area contributed by atoms with Crippen LogP contribution in [0.25, 0.3) is 0 Å². The average molecular weight is 282 g/mol. The molecule has 1 aliphatic rings. The van der Waals surface area contributed by atoms with Crippen LogP contribution in [0.1, 0.15) is 29.9 Å². The van der Waals surface area contributed by atoms with E-state index in [1.54, 1.807) is 13.8 Å². The highest BCUT2D eigenvalue weighted by Crippen LogP contribution is 2.22. The predicted molar refractivity (Wildman–Crippen MR) is 68.2 cm³/mol. The number of carboxylic acids is 1. The molecule has 1 aromatic heterocycles. The van der Waals surface area contributed by atoms with Crippen molar-refractivity contribution in [2.75, 3.05) is 13.2 Å². The highest BCUT2D eigenvalue weighted by molar-refractivity contribution is 5.88. The molecule has 0 radical (unpaired) electrons. The average Bonchev–Trinajstić information content (AvgIpc) is 2.71. The Morgan fingerprint density at radius 3 is 2.50 bits per heavy atom. The summed E-state index contributed by atoms with van der Waals surface area (Å²) in [5, 5.41) is 15.8. The first kappa shape index (κ1) is 14.5. The van der Waals surface area contributed by atoms with Crippen LogP contribution in [0.5, 0.6) is 0 Å². The van der Waals surface area contributed by atoms with Gasteiger partial charge in [0.2, 0.25) is 5.91 Å². The summed E-state index contributed by atoms with van der Waals surface area (Å²) in [6, 6.07) is 0. The Hall–Kier alpha value is -1.89. The summed E-state index contributed by atoms with van der Waals surface area (Å²) in [6.07, 6.45) is 0.613. The number of ether oxygens (including phenoxy) is 1. The van der Waals surface area contributed by atoms with Crippen molar-refractivity contribution >= 4 is 11.9 Å². The smallest absolute Gasteiger partial charge is 0.329 e. The normalized spacial score (nSPS) is 17.7. The number of carbonyl (C=O) groups is 2. The summed E-state index contributed by atoms with van der Waals surface area (Å²) < 4.78 is 10.2. The zero-order chi connectivity index (χ0) is 14.8. The Morgan fingerprint density at radius 1 is 1.35 bits per heavy atom. The minimum absolute atomic E-state index is 0.0665. The van der Waals surface area contributed by atoms with Crippen molar-refractivity contribution in [3.05, 3.63) is 17.0 Å². The van der Waals surface area contributed by atoms with Gasteiger partial charge in [-0.25, -0.2) is 4.79 Å². The molecule has 2 N–H and O–H groups in total. The number of rotatable bonds is 4. The van der Waals surface area contributed by atoms with Crippen LogP contribution in [-0.2, 0) is 20.7 Å². The second-order valence-corrected chi connectivity index (χ2v) is 5.03. The molecule has 2 heterocycles. The van der Waals surface area contributed by atoms with Crippen molar-refractivity contribution < 1.29 is 24.0 Å². The molecule has 0 unspecified atom stereocenters. The van der Waals surface area contributed by atoms with Crippen LogP contribution < -0.4 is 5.32 Å². The van der Waals surface area contributed by atoms with Crippen LogP contribution in [0.2, 0.25) is 0 Å². The summed E-state index contributed by atoms with van der Waals surface area (Å²) in [7, 11) is 0. The van der Waals surface area contributed by atoms with Crippen LogP contribution in [0.15, 0.2) is 4.52 Å². The van der Waals surface area contributed by atoms with E-state index in [4.69, 9.17) is 9.26 Å². The van der Waals surface area contributed by atoms with Gasteiger partial charge in [0.1, 0.15) is 11.3 Å². The van der Waals surface area contributed by atoms with Gasteiger partial charge in [-0.05, 0) is 13.8 Å². The van der Waals surface area contributed by atoms with Gasteiger partial charge in [0.15, 0.2) is 0 Å². The molecule has 0 aliphatic carbocycles. The number of carbonyl (C=O) groups excluding carboxylic acids is 1. The third-order valence-corrected chi connectivity index (χ3v) is 3.65. The molecule has 0 saturated carbocycles. The molecule has 1 saturated heterocycles. The molecule has 1 fully saturated rings. The zero-order valence-corrected chi connectivity index (χ0v) is 11.6. The Morgan fingerprint density at radius 2 is 2.00 bits per heavy atom. The number of nitrogens with one attached hydrogen (secondary N) is 1. The third-order valence-electron chi connectivity index (χ3n) is 3.65. The van der Waals surface area contributed by atoms with Crippen LogP contribution in [-0.4, -0.2) is 40.9 Å². The maximum absolute atomic E-state index is 12.1. The first-order valence-electron chi connectivity index (χ1n) is 6.48. The second kappa shape index (κ2) is 5.62. The molecule has 0 spiro atoms. The Bertz CT molecular complexity index is 497. The van der Waals surface area contributed by atoms with Gasteiger partial charge < -0.3 is 19.7 Å². The van der Waals surface area contributed by atoms with E-state index in [0.717, 1.165) is 0 Å². The summed E-state index contributed by atoms with van der Waals surface area (Å²) in [6.45, 7) is 4.14. The van der Waals surface area contributed by atoms with Gasteiger partial charge in [-0.3, -0.25) is 4.79 Å². The molecule has 2 rings (SSSR count). The van der Waals surface area contributed by atoms with E-state index in [0.29, 0.717) is 30.2 Å². The van der Waals surface area contributed by atoms with Crippen molar-refractivity contribution in [1.82, 2.24) is 10.5 Å². The summed E-state index contributed by atoms with van der Waals surface area (Å²) >= 11 is 0. The summed E-state index contributed by atoms with van der Waals surface area (Å²) in [5.41, 5.74) is 0.123. The number of aryl methyl sites for hydroxylation is 2. The van der Waals surface area contributed by atoms with E-state index in [2.05, 4.69) is 10.5 Å². The highest BCUT2D eigenvalue weighted by atomic mass is 16.5. The molecule has 0 aromatic carbocycles. The number of carboxylic acid groups (broad SMARTS) is 1. The molecule has 7 nitrogen and oxygen atoms in total. The number of nitrogens with zero attached hydrogens (tertiary/aromatic N) is 1. The first-order valence-corrected chi connectivity index (χ1v) is 6.48. The Labute approximate surface area is 116 Å². The van der Waals surface area contributed by atoms with E-state index in [-0.39, 0.29) is 25.2 Å². The Kier molecular flexibility index (Phi) is 4.08. The molecular weight excluding hydrogens is 264 g/mol. The second-order valence-electron chi connectivity index (χ2n) is 5.03. The lowest BCUT2D eigenvalue weighted by molar-refractivity contribution is -0.152. The molecule has 1 amide bonds. The molecular formula is C13H18N2O5. The summed E-state index contributed by atoms with van der Waals surface area (Å²) in [5.74, 6) is -0.786. The fourth-order valence-corrected chi connectivity index (χ4v) is 2.34. The Balaban J connectivity index is 2.08. The molecule has 0 bridgehead atoms. The van der Waals surface area contributed by atoms with Crippen LogP contribution in [0.4, 0.5) is 0 Å². The van der Waals surface area contributed by atoms with Crippen LogP contribution in [0, 0.1) is 13.8 Å². The van der Waals surface area contributed by atoms with E-state index < -0.39 is 11.5 Å². The van der Waals surface area contributed by atoms with E-state index >= 15 is 0 Å². The topological polar surface area (TPSA) is 102 Å². The quantitative estimate of drug-likeness (QED) is 0.837. The van der Waals surface area contributed by atoms with E-state index in [1.165, 1.54) is 0 Å². The molecule has 1 aromatic rings. The van der Waals surface area contributed by atoms with Gasteiger partial charge in [-0.1, -0.05) is 5.16 Å². The largest absolute Gasteiger partial charge is 0.480 e. The number of hydrogen-bond acceptors (Lipinski definition) is 5. The lowest BCUT2D eigenvalue weighted by Gasteiger charge is -2.33. The van der Waals surface area contributed by atoms with Crippen molar-refractivity contribution in [1.29, 1.82) is 0 Å². The van der Waals surface area contributed by atoms with E-state index in [9.17, 15) is 14.7 Å². The molecule has 20 heavy (non-hydrogen) atoms. The van der Waals surface area contributed by atoms with Gasteiger partial charge in [-0.2, -0.15) is 0 Å². The lowest BCUT2D eigenvalue weighted by atomic mass is 9.89. The number of hydrogen-bond donors (Lipinski definition) is 2. The maximum Gasteiger partial charge on any atom is 0.329 e.